The summed E-state index contributed by atoms with van der Waals surface area (Å²) in [7, 11) is 0. The smallest absolute Gasteiger partial charge is 0.224 e. The lowest BCUT2D eigenvalue weighted by Crippen LogP contribution is -2.36. The fraction of sp³-hybridized carbons (Fsp3) is 0.824. The highest BCUT2D eigenvalue weighted by molar-refractivity contribution is 5.83. The topological polar surface area (TPSA) is 58.6 Å². The van der Waals surface area contributed by atoms with Crippen molar-refractivity contribution >= 4 is 5.91 Å². The molecule has 2 fully saturated rings. The Bertz CT molecular complexity index is 408. The summed E-state index contributed by atoms with van der Waals surface area (Å²) in [5.74, 6) is 1.07. The highest BCUT2D eigenvalue weighted by atomic mass is 16.5. The molecule has 4 nitrogen and oxygen atoms in total. The van der Waals surface area contributed by atoms with Crippen LogP contribution in [0.4, 0.5) is 0 Å². The molecule has 2 aliphatic carbocycles. The zero-order valence-electron chi connectivity index (χ0n) is 13.7. The Morgan fingerprint density at radius 3 is 2.67 bits per heavy atom. The standard InChI is InChI=1S/C17H29NO3/c1-11(2)7-14-15(17(14,3)4)16(20)18-8-13(19)10-21-9-12-5-6-12/h7,12-15,19H,5-6,8-10H2,1-4H3,(H,18,20). The number of aliphatic hydroxyl groups excluding tert-OH is 1. The van der Waals surface area contributed by atoms with Crippen LogP contribution in [-0.2, 0) is 9.53 Å². The average molecular weight is 295 g/mol. The van der Waals surface area contributed by atoms with Crippen LogP contribution in [0.25, 0.3) is 0 Å². The monoisotopic (exact) mass is 295 g/mol. The molecule has 3 atom stereocenters. The van der Waals surface area contributed by atoms with Gasteiger partial charge in [-0.2, -0.15) is 0 Å². The molecule has 2 saturated carbocycles. The highest BCUT2D eigenvalue weighted by Gasteiger charge is 2.60. The maximum absolute atomic E-state index is 12.2. The van der Waals surface area contributed by atoms with E-state index in [1.807, 2.05) is 0 Å². The van der Waals surface area contributed by atoms with E-state index in [2.05, 4.69) is 39.1 Å². The minimum atomic E-state index is -0.614. The second-order valence-electron chi connectivity index (χ2n) is 7.45. The van der Waals surface area contributed by atoms with Gasteiger partial charge in [0.1, 0.15) is 0 Å². The Kier molecular flexibility index (Phi) is 5.10. The lowest BCUT2D eigenvalue weighted by Gasteiger charge is -2.12. The molecule has 0 aromatic carbocycles. The van der Waals surface area contributed by atoms with Gasteiger partial charge in [0.05, 0.1) is 18.6 Å². The Labute approximate surface area is 127 Å². The molecular weight excluding hydrogens is 266 g/mol. The first-order valence-corrected chi connectivity index (χ1v) is 8.01. The van der Waals surface area contributed by atoms with E-state index < -0.39 is 6.10 Å². The Balaban J connectivity index is 1.68. The van der Waals surface area contributed by atoms with E-state index in [9.17, 15) is 9.90 Å². The zero-order valence-corrected chi connectivity index (χ0v) is 13.7. The summed E-state index contributed by atoms with van der Waals surface area (Å²) in [6.45, 7) is 9.69. The van der Waals surface area contributed by atoms with E-state index in [-0.39, 0.29) is 23.8 Å². The summed E-state index contributed by atoms with van der Waals surface area (Å²) in [6, 6.07) is 0. The molecule has 0 aliphatic heterocycles. The van der Waals surface area contributed by atoms with Crippen LogP contribution >= 0.6 is 0 Å². The minimum absolute atomic E-state index is 0.0204. The first-order valence-electron chi connectivity index (χ1n) is 8.01. The Morgan fingerprint density at radius 2 is 2.10 bits per heavy atom. The zero-order chi connectivity index (χ0) is 15.6. The molecule has 3 unspecified atom stereocenters. The van der Waals surface area contributed by atoms with Crippen molar-refractivity contribution in [2.75, 3.05) is 19.8 Å². The predicted molar refractivity (Wildman–Crippen MR) is 82.8 cm³/mol. The van der Waals surface area contributed by atoms with Gasteiger partial charge in [0.15, 0.2) is 0 Å². The third kappa shape index (κ3) is 4.55. The average Bonchev–Trinajstić information content (AvgIpc) is 3.26. The SMILES string of the molecule is CC(C)=CC1C(C(=O)NCC(O)COCC2CC2)C1(C)C. The number of allylic oxidation sites excluding steroid dienone is 2. The van der Waals surface area contributed by atoms with E-state index >= 15 is 0 Å². The summed E-state index contributed by atoms with van der Waals surface area (Å²) in [5.41, 5.74) is 1.27. The van der Waals surface area contributed by atoms with Gasteiger partial charge in [0.25, 0.3) is 0 Å². The molecular formula is C17H29NO3. The van der Waals surface area contributed by atoms with Gasteiger partial charge in [-0.25, -0.2) is 0 Å². The van der Waals surface area contributed by atoms with Gasteiger partial charge in [0.2, 0.25) is 5.91 Å². The van der Waals surface area contributed by atoms with Gasteiger partial charge in [-0.15, -0.1) is 0 Å². The van der Waals surface area contributed by atoms with Crippen LogP contribution in [0.2, 0.25) is 0 Å². The number of ether oxygens (including phenoxy) is 1. The molecule has 1 amide bonds. The van der Waals surface area contributed by atoms with Crippen molar-refractivity contribution in [2.24, 2.45) is 23.2 Å². The minimum Gasteiger partial charge on any atom is -0.389 e. The molecule has 2 aliphatic rings. The van der Waals surface area contributed by atoms with Crippen LogP contribution in [0.5, 0.6) is 0 Å². The fourth-order valence-electron chi connectivity index (χ4n) is 2.89. The predicted octanol–water partition coefficient (Wildman–Crippen LogP) is 2.13. The molecule has 0 saturated heterocycles. The van der Waals surface area contributed by atoms with Gasteiger partial charge in [-0.05, 0) is 43.9 Å². The van der Waals surface area contributed by atoms with Crippen LogP contribution in [0.15, 0.2) is 11.6 Å². The van der Waals surface area contributed by atoms with E-state index in [0.717, 1.165) is 6.61 Å². The quantitative estimate of drug-likeness (QED) is 0.674. The fourth-order valence-corrected chi connectivity index (χ4v) is 2.89. The van der Waals surface area contributed by atoms with E-state index in [4.69, 9.17) is 4.74 Å². The molecule has 4 heteroatoms. The maximum atomic E-state index is 12.2. The summed E-state index contributed by atoms with van der Waals surface area (Å²) in [6.07, 6.45) is 4.06. The van der Waals surface area contributed by atoms with Crippen LogP contribution in [0.1, 0.15) is 40.5 Å². The second-order valence-corrected chi connectivity index (χ2v) is 7.45. The van der Waals surface area contributed by atoms with Gasteiger partial charge < -0.3 is 15.2 Å². The highest BCUT2D eigenvalue weighted by Crippen LogP contribution is 2.59. The van der Waals surface area contributed by atoms with Crippen molar-refractivity contribution in [3.63, 3.8) is 0 Å². The Hall–Kier alpha value is -0.870. The van der Waals surface area contributed by atoms with E-state index in [0.29, 0.717) is 18.4 Å². The van der Waals surface area contributed by atoms with Gasteiger partial charge in [0, 0.05) is 13.2 Å². The molecule has 0 aromatic heterocycles. The summed E-state index contributed by atoms with van der Waals surface area (Å²) >= 11 is 0. The van der Waals surface area contributed by atoms with Crippen molar-refractivity contribution < 1.29 is 14.6 Å². The molecule has 0 aromatic rings. The lowest BCUT2D eigenvalue weighted by atomic mass is 10.1. The number of carbonyl (C=O) groups excluding carboxylic acids is 1. The maximum Gasteiger partial charge on any atom is 0.224 e. The number of hydrogen-bond acceptors (Lipinski definition) is 3. The van der Waals surface area contributed by atoms with Gasteiger partial charge in [-0.3, -0.25) is 4.79 Å². The van der Waals surface area contributed by atoms with Crippen LogP contribution in [0, 0.1) is 23.2 Å². The molecule has 0 spiro atoms. The van der Waals surface area contributed by atoms with Crippen LogP contribution < -0.4 is 5.32 Å². The summed E-state index contributed by atoms with van der Waals surface area (Å²) in [5, 5.41) is 12.7. The van der Waals surface area contributed by atoms with Gasteiger partial charge >= 0.3 is 0 Å². The summed E-state index contributed by atoms with van der Waals surface area (Å²) < 4.78 is 5.43. The van der Waals surface area contributed by atoms with Crippen molar-refractivity contribution in [3.05, 3.63) is 11.6 Å². The van der Waals surface area contributed by atoms with Gasteiger partial charge in [-0.1, -0.05) is 25.5 Å². The molecule has 2 N–H and O–H groups in total. The molecule has 0 heterocycles. The largest absolute Gasteiger partial charge is 0.389 e. The first kappa shape index (κ1) is 16.5. The molecule has 120 valence electrons. The van der Waals surface area contributed by atoms with Crippen molar-refractivity contribution in [1.82, 2.24) is 5.32 Å². The number of hydrogen-bond donors (Lipinski definition) is 2. The molecule has 0 radical (unpaired) electrons. The number of amides is 1. The molecule has 0 bridgehead atoms. The van der Waals surface area contributed by atoms with Crippen molar-refractivity contribution in [2.45, 2.75) is 46.6 Å². The van der Waals surface area contributed by atoms with E-state index in [1.54, 1.807) is 0 Å². The Morgan fingerprint density at radius 1 is 1.43 bits per heavy atom. The third-order valence-corrected chi connectivity index (χ3v) is 4.58. The van der Waals surface area contributed by atoms with Crippen LogP contribution in [-0.4, -0.2) is 36.9 Å². The number of carbonyl (C=O) groups is 1. The van der Waals surface area contributed by atoms with Crippen molar-refractivity contribution in [3.8, 4) is 0 Å². The number of rotatable bonds is 8. The van der Waals surface area contributed by atoms with E-state index in [1.165, 1.54) is 18.4 Å². The first-order chi connectivity index (χ1) is 9.82. The van der Waals surface area contributed by atoms with Crippen LogP contribution in [0.3, 0.4) is 0 Å². The number of nitrogens with one attached hydrogen (secondary N) is 1. The molecule has 21 heavy (non-hydrogen) atoms. The second kappa shape index (κ2) is 6.49. The lowest BCUT2D eigenvalue weighted by molar-refractivity contribution is -0.123. The molecule has 2 rings (SSSR count). The van der Waals surface area contributed by atoms with Crippen molar-refractivity contribution in [1.29, 1.82) is 0 Å². The normalized spacial score (nSPS) is 27.9. The third-order valence-electron chi connectivity index (χ3n) is 4.58. The number of aliphatic hydroxyl groups is 1. The summed E-state index contributed by atoms with van der Waals surface area (Å²) in [4.78, 5) is 12.2.